The van der Waals surface area contributed by atoms with Crippen molar-refractivity contribution in [3.05, 3.63) is 94.5 Å². The first kappa shape index (κ1) is 24.0. The Balaban J connectivity index is 1.43. The summed E-state index contributed by atoms with van der Waals surface area (Å²) in [4.78, 5) is 24.1. The summed E-state index contributed by atoms with van der Waals surface area (Å²) >= 11 is 5.82. The monoisotopic (exact) mass is 464 g/mol. The lowest BCUT2D eigenvalue weighted by atomic mass is 9.99. The molecule has 170 valence electrons. The van der Waals surface area contributed by atoms with Crippen LogP contribution in [-0.4, -0.2) is 24.7 Å². The first-order valence-electron chi connectivity index (χ1n) is 10.6. The number of esters is 1. The summed E-state index contributed by atoms with van der Waals surface area (Å²) in [6, 6.07) is 20.9. The number of ether oxygens (including phenoxy) is 2. The fourth-order valence-corrected chi connectivity index (χ4v) is 2.99. The highest BCUT2D eigenvalue weighted by Gasteiger charge is 2.08. The van der Waals surface area contributed by atoms with Crippen molar-refractivity contribution < 1.29 is 19.1 Å². The van der Waals surface area contributed by atoms with Gasteiger partial charge in [-0.25, -0.2) is 10.2 Å². The van der Waals surface area contributed by atoms with Crippen molar-refractivity contribution in [1.29, 1.82) is 0 Å². The van der Waals surface area contributed by atoms with Gasteiger partial charge in [-0.3, -0.25) is 4.79 Å². The maximum absolute atomic E-state index is 12.1. The van der Waals surface area contributed by atoms with Crippen molar-refractivity contribution in [2.45, 2.75) is 26.2 Å². The van der Waals surface area contributed by atoms with E-state index in [1.807, 2.05) is 24.3 Å². The van der Waals surface area contributed by atoms with E-state index < -0.39 is 5.97 Å². The Morgan fingerprint density at radius 3 is 2.24 bits per heavy atom. The molecular weight excluding hydrogens is 440 g/mol. The quantitative estimate of drug-likeness (QED) is 0.193. The summed E-state index contributed by atoms with van der Waals surface area (Å²) in [6.45, 7) is 4.17. The number of carbonyl (C=O) groups is 2. The van der Waals surface area contributed by atoms with Gasteiger partial charge in [0.25, 0.3) is 5.91 Å². The molecule has 3 aromatic rings. The second kappa shape index (κ2) is 11.8. The number of hydrazone groups is 1. The van der Waals surface area contributed by atoms with E-state index in [4.69, 9.17) is 21.1 Å². The van der Waals surface area contributed by atoms with E-state index in [0.717, 1.165) is 12.0 Å². The summed E-state index contributed by atoms with van der Waals surface area (Å²) in [5, 5.41) is 4.47. The topological polar surface area (TPSA) is 77.0 Å². The molecule has 0 unspecified atom stereocenters. The van der Waals surface area contributed by atoms with E-state index in [1.54, 1.807) is 48.5 Å². The Labute approximate surface area is 198 Å². The number of hydrogen-bond donors (Lipinski definition) is 1. The van der Waals surface area contributed by atoms with Gasteiger partial charge < -0.3 is 9.47 Å². The maximum Gasteiger partial charge on any atom is 0.343 e. The van der Waals surface area contributed by atoms with E-state index >= 15 is 0 Å². The average Bonchev–Trinajstić information content (AvgIpc) is 2.84. The predicted molar refractivity (Wildman–Crippen MR) is 129 cm³/mol. The van der Waals surface area contributed by atoms with Crippen LogP contribution in [-0.2, 0) is 4.79 Å². The number of halogens is 1. The van der Waals surface area contributed by atoms with E-state index in [1.165, 1.54) is 11.8 Å². The van der Waals surface area contributed by atoms with Crippen LogP contribution in [0.15, 0.2) is 77.9 Å². The molecular formula is C26H25ClN2O4. The van der Waals surface area contributed by atoms with Crippen molar-refractivity contribution in [1.82, 2.24) is 5.43 Å². The SMILES string of the molecule is CC[C@H](C)c1ccc(OCC(=O)N/N=C/c2ccc(OC(=O)c3ccc(Cl)cc3)cc2)cc1. The van der Waals surface area contributed by atoms with Gasteiger partial charge in [0.15, 0.2) is 6.61 Å². The molecule has 3 rings (SSSR count). The molecule has 0 fully saturated rings. The van der Waals surface area contributed by atoms with Gasteiger partial charge in [-0.1, -0.05) is 37.6 Å². The van der Waals surface area contributed by atoms with Gasteiger partial charge >= 0.3 is 5.97 Å². The molecule has 7 heteroatoms. The largest absolute Gasteiger partial charge is 0.484 e. The van der Waals surface area contributed by atoms with Crippen LogP contribution in [0.1, 0.15) is 47.7 Å². The summed E-state index contributed by atoms with van der Waals surface area (Å²) in [7, 11) is 0. The molecule has 1 N–H and O–H groups in total. The molecule has 0 heterocycles. The van der Waals surface area contributed by atoms with E-state index in [2.05, 4.69) is 24.4 Å². The second-order valence-electron chi connectivity index (χ2n) is 7.43. The molecule has 33 heavy (non-hydrogen) atoms. The molecule has 0 aliphatic carbocycles. The summed E-state index contributed by atoms with van der Waals surface area (Å²) in [5.41, 5.74) is 4.79. The molecule has 6 nitrogen and oxygen atoms in total. The van der Waals surface area contributed by atoms with Crippen LogP contribution in [0, 0.1) is 0 Å². The summed E-state index contributed by atoms with van der Waals surface area (Å²) in [6.07, 6.45) is 2.56. The average molecular weight is 465 g/mol. The predicted octanol–water partition coefficient (Wildman–Crippen LogP) is 5.60. The van der Waals surface area contributed by atoms with E-state index in [9.17, 15) is 9.59 Å². The van der Waals surface area contributed by atoms with Crippen molar-refractivity contribution in [2.75, 3.05) is 6.61 Å². The summed E-state index contributed by atoms with van der Waals surface area (Å²) < 4.78 is 10.8. The molecule has 0 aliphatic rings. The van der Waals surface area contributed by atoms with Crippen LogP contribution in [0.5, 0.6) is 11.5 Å². The Morgan fingerprint density at radius 1 is 0.970 bits per heavy atom. The number of benzene rings is 3. The highest BCUT2D eigenvalue weighted by Crippen LogP contribution is 2.21. The fraction of sp³-hybridized carbons (Fsp3) is 0.192. The van der Waals surface area contributed by atoms with Crippen LogP contribution in [0.2, 0.25) is 5.02 Å². The van der Waals surface area contributed by atoms with Gasteiger partial charge in [-0.2, -0.15) is 5.10 Å². The molecule has 0 aromatic heterocycles. The third-order valence-electron chi connectivity index (χ3n) is 5.00. The van der Waals surface area contributed by atoms with Crippen LogP contribution < -0.4 is 14.9 Å². The van der Waals surface area contributed by atoms with Gasteiger partial charge in [-0.05, 0) is 84.1 Å². The maximum atomic E-state index is 12.1. The molecule has 0 aliphatic heterocycles. The van der Waals surface area contributed by atoms with Gasteiger partial charge in [0.05, 0.1) is 11.8 Å². The molecule has 1 amide bonds. The molecule has 0 saturated heterocycles. The standard InChI is InChI=1S/C26H25ClN2O4/c1-3-18(2)20-8-14-23(15-9-20)32-17-25(30)29-28-16-19-4-12-24(13-5-19)33-26(31)21-6-10-22(27)11-7-21/h4-16,18H,3,17H2,1-2H3,(H,29,30)/b28-16+/t18-/m0/s1. The number of rotatable bonds is 9. The zero-order chi connectivity index (χ0) is 23.6. The Hall–Kier alpha value is -3.64. The lowest BCUT2D eigenvalue weighted by molar-refractivity contribution is -0.123. The number of nitrogens with zero attached hydrogens (tertiary/aromatic N) is 1. The van der Waals surface area contributed by atoms with Crippen molar-refractivity contribution in [2.24, 2.45) is 5.10 Å². The minimum Gasteiger partial charge on any atom is -0.484 e. The van der Waals surface area contributed by atoms with Crippen LogP contribution in [0.4, 0.5) is 0 Å². The summed E-state index contributed by atoms with van der Waals surface area (Å²) in [5.74, 6) is 0.663. The van der Waals surface area contributed by atoms with Gasteiger partial charge in [-0.15, -0.1) is 0 Å². The number of carbonyl (C=O) groups excluding carboxylic acids is 2. The van der Waals surface area contributed by atoms with E-state index in [-0.39, 0.29) is 12.5 Å². The molecule has 0 saturated carbocycles. The number of nitrogens with one attached hydrogen (secondary N) is 1. The molecule has 0 bridgehead atoms. The lowest BCUT2D eigenvalue weighted by Gasteiger charge is -2.10. The first-order chi connectivity index (χ1) is 15.9. The Kier molecular flexibility index (Phi) is 8.61. The normalized spacial score (nSPS) is 11.7. The third kappa shape index (κ3) is 7.47. The Morgan fingerprint density at radius 2 is 1.61 bits per heavy atom. The number of hydrogen-bond acceptors (Lipinski definition) is 5. The van der Waals surface area contributed by atoms with Crippen LogP contribution >= 0.6 is 11.6 Å². The molecule has 1 atom stereocenters. The Bertz CT molecular complexity index is 1090. The van der Waals surface area contributed by atoms with Gasteiger partial charge in [0, 0.05) is 5.02 Å². The molecule has 0 radical (unpaired) electrons. The highest BCUT2D eigenvalue weighted by molar-refractivity contribution is 6.30. The first-order valence-corrected chi connectivity index (χ1v) is 10.9. The lowest BCUT2D eigenvalue weighted by Crippen LogP contribution is -2.24. The van der Waals surface area contributed by atoms with Crippen molar-refractivity contribution >= 4 is 29.7 Å². The third-order valence-corrected chi connectivity index (χ3v) is 5.26. The minimum absolute atomic E-state index is 0.139. The molecule has 0 spiro atoms. The smallest absolute Gasteiger partial charge is 0.343 e. The fourth-order valence-electron chi connectivity index (χ4n) is 2.86. The zero-order valence-electron chi connectivity index (χ0n) is 18.5. The highest BCUT2D eigenvalue weighted by atomic mass is 35.5. The molecule has 3 aromatic carbocycles. The van der Waals surface area contributed by atoms with Gasteiger partial charge in [0.1, 0.15) is 11.5 Å². The van der Waals surface area contributed by atoms with Crippen LogP contribution in [0.3, 0.4) is 0 Å². The second-order valence-corrected chi connectivity index (χ2v) is 7.86. The number of amides is 1. The van der Waals surface area contributed by atoms with Gasteiger partial charge in [0.2, 0.25) is 0 Å². The minimum atomic E-state index is -0.477. The van der Waals surface area contributed by atoms with Crippen molar-refractivity contribution in [3.63, 3.8) is 0 Å². The zero-order valence-corrected chi connectivity index (χ0v) is 19.2. The van der Waals surface area contributed by atoms with Crippen LogP contribution in [0.25, 0.3) is 0 Å². The van der Waals surface area contributed by atoms with E-state index in [0.29, 0.717) is 28.0 Å². The van der Waals surface area contributed by atoms with Crippen molar-refractivity contribution in [3.8, 4) is 11.5 Å².